The van der Waals surface area contributed by atoms with E-state index in [1.165, 1.54) is 0 Å². The summed E-state index contributed by atoms with van der Waals surface area (Å²) >= 11 is 0. The standard InChI is InChI=1S/C15H21NO3/c1-15(2)9-8-11(14(17)18)10-16(15)12-4-6-13(19-3)7-5-12/h4-7,11H,8-10H2,1-3H3,(H,17,18). The van der Waals surface area contributed by atoms with Crippen LogP contribution in [0.15, 0.2) is 24.3 Å². The average Bonchev–Trinajstić information content (AvgIpc) is 2.38. The topological polar surface area (TPSA) is 49.8 Å². The fraction of sp³-hybridized carbons (Fsp3) is 0.533. The number of carbonyl (C=O) groups is 1. The minimum Gasteiger partial charge on any atom is -0.497 e. The summed E-state index contributed by atoms with van der Waals surface area (Å²) in [4.78, 5) is 13.4. The van der Waals surface area contributed by atoms with Gasteiger partial charge in [-0.3, -0.25) is 4.79 Å². The van der Waals surface area contributed by atoms with E-state index in [9.17, 15) is 9.90 Å². The molecule has 0 amide bonds. The molecule has 19 heavy (non-hydrogen) atoms. The minimum absolute atomic E-state index is 0.0134. The molecule has 1 fully saturated rings. The first kappa shape index (κ1) is 13.7. The van der Waals surface area contributed by atoms with E-state index >= 15 is 0 Å². The molecule has 1 aliphatic rings. The van der Waals surface area contributed by atoms with E-state index in [0.29, 0.717) is 6.54 Å². The largest absolute Gasteiger partial charge is 0.497 e. The molecule has 0 bridgehead atoms. The molecule has 1 aliphatic heterocycles. The van der Waals surface area contributed by atoms with Gasteiger partial charge in [0, 0.05) is 17.8 Å². The monoisotopic (exact) mass is 263 g/mol. The molecule has 1 N–H and O–H groups in total. The van der Waals surface area contributed by atoms with Gasteiger partial charge in [0.1, 0.15) is 5.75 Å². The van der Waals surface area contributed by atoms with Gasteiger partial charge in [-0.1, -0.05) is 0 Å². The van der Waals surface area contributed by atoms with Gasteiger partial charge in [-0.15, -0.1) is 0 Å². The van der Waals surface area contributed by atoms with E-state index in [1.54, 1.807) is 7.11 Å². The highest BCUT2D eigenvalue weighted by Crippen LogP contribution is 2.35. The van der Waals surface area contributed by atoms with Gasteiger partial charge >= 0.3 is 5.97 Å². The Kier molecular flexibility index (Phi) is 3.69. The number of aliphatic carboxylic acids is 1. The van der Waals surface area contributed by atoms with Crippen LogP contribution < -0.4 is 9.64 Å². The summed E-state index contributed by atoms with van der Waals surface area (Å²) < 4.78 is 5.16. The quantitative estimate of drug-likeness (QED) is 0.911. The third-order valence-electron chi connectivity index (χ3n) is 3.97. The number of piperidine rings is 1. The molecule has 1 saturated heterocycles. The lowest BCUT2D eigenvalue weighted by atomic mass is 9.84. The molecule has 1 aromatic carbocycles. The normalized spacial score (nSPS) is 22.1. The first-order valence-electron chi connectivity index (χ1n) is 6.58. The minimum atomic E-state index is -0.700. The number of anilines is 1. The number of methoxy groups -OCH3 is 1. The van der Waals surface area contributed by atoms with Gasteiger partial charge in [-0.2, -0.15) is 0 Å². The number of hydrogen-bond acceptors (Lipinski definition) is 3. The van der Waals surface area contributed by atoms with Gasteiger partial charge in [0.05, 0.1) is 13.0 Å². The third kappa shape index (κ3) is 2.83. The van der Waals surface area contributed by atoms with Gasteiger partial charge < -0.3 is 14.7 Å². The smallest absolute Gasteiger partial charge is 0.308 e. The second-order valence-corrected chi connectivity index (χ2v) is 5.69. The lowest BCUT2D eigenvalue weighted by Gasteiger charge is -2.46. The predicted octanol–water partition coefficient (Wildman–Crippen LogP) is 2.77. The first-order valence-corrected chi connectivity index (χ1v) is 6.58. The van der Waals surface area contributed by atoms with Crippen LogP contribution in [0.5, 0.6) is 5.75 Å². The zero-order valence-corrected chi connectivity index (χ0v) is 11.7. The molecule has 1 atom stereocenters. The number of benzene rings is 1. The van der Waals surface area contributed by atoms with Crippen LogP contribution in [0.3, 0.4) is 0 Å². The van der Waals surface area contributed by atoms with Crippen molar-refractivity contribution < 1.29 is 14.6 Å². The Hall–Kier alpha value is -1.71. The SMILES string of the molecule is COc1ccc(N2CC(C(=O)O)CCC2(C)C)cc1. The lowest BCUT2D eigenvalue weighted by Crippen LogP contribution is -2.52. The van der Waals surface area contributed by atoms with E-state index in [4.69, 9.17) is 4.74 Å². The Bertz CT molecular complexity index is 453. The molecule has 2 rings (SSSR count). The van der Waals surface area contributed by atoms with Crippen LogP contribution in [0.1, 0.15) is 26.7 Å². The first-order chi connectivity index (χ1) is 8.94. The molecular formula is C15H21NO3. The van der Waals surface area contributed by atoms with Crippen LogP contribution in [0, 0.1) is 5.92 Å². The summed E-state index contributed by atoms with van der Waals surface area (Å²) in [7, 11) is 1.64. The van der Waals surface area contributed by atoms with Crippen molar-refractivity contribution in [3.63, 3.8) is 0 Å². The van der Waals surface area contributed by atoms with E-state index in [1.807, 2.05) is 24.3 Å². The highest BCUT2D eigenvalue weighted by molar-refractivity contribution is 5.71. The molecule has 0 aliphatic carbocycles. The molecular weight excluding hydrogens is 242 g/mol. The molecule has 0 spiro atoms. The van der Waals surface area contributed by atoms with Crippen LogP contribution in [0.2, 0.25) is 0 Å². The molecule has 1 unspecified atom stereocenters. The second-order valence-electron chi connectivity index (χ2n) is 5.69. The number of carboxylic acid groups (broad SMARTS) is 1. The van der Waals surface area contributed by atoms with E-state index in [2.05, 4.69) is 18.7 Å². The summed E-state index contributed by atoms with van der Waals surface area (Å²) in [6, 6.07) is 7.81. The maximum Gasteiger partial charge on any atom is 0.308 e. The fourth-order valence-electron chi connectivity index (χ4n) is 2.64. The third-order valence-corrected chi connectivity index (χ3v) is 3.97. The van der Waals surface area contributed by atoms with Crippen molar-refractivity contribution >= 4 is 11.7 Å². The van der Waals surface area contributed by atoms with Crippen molar-refractivity contribution in [2.75, 3.05) is 18.6 Å². The molecule has 4 heteroatoms. The number of carboxylic acids is 1. The van der Waals surface area contributed by atoms with Crippen molar-refractivity contribution in [3.8, 4) is 5.75 Å². The predicted molar refractivity (Wildman–Crippen MR) is 74.8 cm³/mol. The number of rotatable bonds is 3. The Labute approximate surface area is 114 Å². The van der Waals surface area contributed by atoms with Gasteiger partial charge in [0.25, 0.3) is 0 Å². The summed E-state index contributed by atoms with van der Waals surface area (Å²) in [6.45, 7) is 4.89. The zero-order valence-electron chi connectivity index (χ0n) is 11.7. The molecule has 0 aromatic heterocycles. The second kappa shape index (κ2) is 5.11. The number of nitrogens with zero attached hydrogens (tertiary/aromatic N) is 1. The lowest BCUT2D eigenvalue weighted by molar-refractivity contribution is -0.142. The Balaban J connectivity index is 2.24. The molecule has 4 nitrogen and oxygen atoms in total. The van der Waals surface area contributed by atoms with Crippen molar-refractivity contribution in [2.24, 2.45) is 5.92 Å². The molecule has 1 aromatic rings. The Morgan fingerprint density at radius 2 is 2.00 bits per heavy atom. The van der Waals surface area contributed by atoms with Gasteiger partial charge in [0.2, 0.25) is 0 Å². The molecule has 0 saturated carbocycles. The van der Waals surface area contributed by atoms with Crippen LogP contribution in [-0.4, -0.2) is 30.3 Å². The summed E-state index contributed by atoms with van der Waals surface area (Å²) in [5.41, 5.74) is 1.04. The van der Waals surface area contributed by atoms with Crippen LogP contribution in [-0.2, 0) is 4.79 Å². The van der Waals surface area contributed by atoms with Crippen LogP contribution in [0.4, 0.5) is 5.69 Å². The van der Waals surface area contributed by atoms with Crippen molar-refractivity contribution in [1.82, 2.24) is 0 Å². The van der Waals surface area contributed by atoms with Crippen LogP contribution >= 0.6 is 0 Å². The molecule has 1 heterocycles. The van der Waals surface area contributed by atoms with Crippen molar-refractivity contribution in [3.05, 3.63) is 24.3 Å². The van der Waals surface area contributed by atoms with E-state index in [-0.39, 0.29) is 11.5 Å². The van der Waals surface area contributed by atoms with Crippen molar-refractivity contribution in [1.29, 1.82) is 0 Å². The summed E-state index contributed by atoms with van der Waals surface area (Å²) in [5, 5.41) is 9.21. The van der Waals surface area contributed by atoms with Crippen LogP contribution in [0.25, 0.3) is 0 Å². The maximum atomic E-state index is 11.2. The van der Waals surface area contributed by atoms with E-state index in [0.717, 1.165) is 24.3 Å². The Morgan fingerprint density at radius 1 is 1.37 bits per heavy atom. The zero-order chi connectivity index (χ0) is 14.0. The van der Waals surface area contributed by atoms with Gasteiger partial charge in [-0.05, 0) is 51.0 Å². The summed E-state index contributed by atoms with van der Waals surface area (Å²) in [6.07, 6.45) is 1.63. The maximum absolute atomic E-state index is 11.2. The Morgan fingerprint density at radius 3 is 2.53 bits per heavy atom. The molecule has 104 valence electrons. The number of ether oxygens (including phenoxy) is 1. The highest BCUT2D eigenvalue weighted by Gasteiger charge is 2.36. The van der Waals surface area contributed by atoms with Gasteiger partial charge in [-0.25, -0.2) is 0 Å². The van der Waals surface area contributed by atoms with Gasteiger partial charge in [0.15, 0.2) is 0 Å². The molecule has 0 radical (unpaired) electrons. The van der Waals surface area contributed by atoms with E-state index < -0.39 is 5.97 Å². The fourth-order valence-corrected chi connectivity index (χ4v) is 2.64. The highest BCUT2D eigenvalue weighted by atomic mass is 16.5. The number of hydrogen-bond donors (Lipinski definition) is 1. The van der Waals surface area contributed by atoms with Crippen molar-refractivity contribution in [2.45, 2.75) is 32.2 Å². The average molecular weight is 263 g/mol. The summed E-state index contributed by atoms with van der Waals surface area (Å²) in [5.74, 6) is -0.169.